The third kappa shape index (κ3) is 3.01. The summed E-state index contributed by atoms with van der Waals surface area (Å²) in [6, 6.07) is 3.32. The van der Waals surface area contributed by atoms with E-state index in [1.165, 1.54) is 11.3 Å². The number of pyridine rings is 1. The Balaban J connectivity index is 0.00000128. The Hall–Kier alpha value is -1.46. The predicted molar refractivity (Wildman–Crippen MR) is 66.3 cm³/mol. The fourth-order valence-corrected chi connectivity index (χ4v) is 1.77. The number of carbonyl (C=O) groups excluding carboxylic acids is 1. The van der Waals surface area contributed by atoms with Gasteiger partial charge in [0.15, 0.2) is 5.13 Å². The Morgan fingerprint density at radius 2 is 2.06 bits per heavy atom. The number of amides is 1. The number of aromatic nitrogens is 2. The van der Waals surface area contributed by atoms with Gasteiger partial charge in [0.05, 0.1) is 5.69 Å². The average molecular weight is 256 g/mol. The first-order valence-corrected chi connectivity index (χ1v) is 5.27. The van der Waals surface area contributed by atoms with Gasteiger partial charge < -0.3 is 0 Å². The van der Waals surface area contributed by atoms with Gasteiger partial charge in [-0.3, -0.25) is 15.1 Å². The van der Waals surface area contributed by atoms with Crippen LogP contribution in [0.15, 0.2) is 29.9 Å². The molecule has 0 aliphatic rings. The monoisotopic (exact) mass is 255 g/mol. The van der Waals surface area contributed by atoms with Crippen molar-refractivity contribution in [2.75, 3.05) is 5.32 Å². The maximum Gasteiger partial charge on any atom is 0.257 e. The molecule has 0 aliphatic carbocycles. The van der Waals surface area contributed by atoms with Crippen LogP contribution in [0, 0.1) is 6.92 Å². The highest BCUT2D eigenvalue weighted by Gasteiger charge is 2.06. The second-order valence-electron chi connectivity index (χ2n) is 2.98. The van der Waals surface area contributed by atoms with Crippen LogP contribution in [-0.4, -0.2) is 15.9 Å². The van der Waals surface area contributed by atoms with Crippen molar-refractivity contribution in [2.45, 2.75) is 6.92 Å². The van der Waals surface area contributed by atoms with E-state index in [9.17, 15) is 4.79 Å². The van der Waals surface area contributed by atoms with Gasteiger partial charge in [0.2, 0.25) is 0 Å². The molecule has 6 heteroatoms. The van der Waals surface area contributed by atoms with E-state index in [4.69, 9.17) is 0 Å². The Bertz CT molecular complexity index is 472. The van der Waals surface area contributed by atoms with Crippen molar-refractivity contribution in [2.24, 2.45) is 0 Å². The number of rotatable bonds is 2. The van der Waals surface area contributed by atoms with Crippen LogP contribution in [0.3, 0.4) is 0 Å². The molecule has 1 amide bonds. The number of anilines is 1. The molecule has 1 N–H and O–H groups in total. The second kappa shape index (κ2) is 5.58. The molecule has 0 aliphatic heterocycles. The number of nitrogens with zero attached hydrogens (tertiary/aromatic N) is 2. The fourth-order valence-electron chi connectivity index (χ4n) is 1.08. The maximum absolute atomic E-state index is 11.7. The topological polar surface area (TPSA) is 54.9 Å². The summed E-state index contributed by atoms with van der Waals surface area (Å²) in [7, 11) is 0. The minimum Gasteiger partial charge on any atom is -0.298 e. The van der Waals surface area contributed by atoms with E-state index < -0.39 is 0 Å². The zero-order valence-corrected chi connectivity index (χ0v) is 10.1. The Morgan fingerprint density at radius 3 is 2.62 bits per heavy atom. The molecule has 0 spiro atoms. The molecule has 0 saturated carbocycles. The summed E-state index contributed by atoms with van der Waals surface area (Å²) in [6.07, 6.45) is 3.17. The van der Waals surface area contributed by atoms with Crippen LogP contribution in [0.1, 0.15) is 16.1 Å². The third-order valence-electron chi connectivity index (χ3n) is 1.78. The summed E-state index contributed by atoms with van der Waals surface area (Å²) >= 11 is 1.41. The first-order chi connectivity index (χ1) is 7.25. The summed E-state index contributed by atoms with van der Waals surface area (Å²) in [6.45, 7) is 1.89. The van der Waals surface area contributed by atoms with Crippen LogP contribution in [0.4, 0.5) is 5.13 Å². The van der Waals surface area contributed by atoms with Crippen molar-refractivity contribution in [1.29, 1.82) is 0 Å². The van der Waals surface area contributed by atoms with E-state index >= 15 is 0 Å². The SMILES string of the molecule is Cc1csc(NC(=O)c2ccncc2)n1.Cl. The van der Waals surface area contributed by atoms with Gasteiger partial charge in [0.1, 0.15) is 0 Å². The van der Waals surface area contributed by atoms with E-state index in [1.54, 1.807) is 24.5 Å². The lowest BCUT2D eigenvalue weighted by atomic mass is 10.2. The number of hydrogen-bond donors (Lipinski definition) is 1. The number of aryl methyl sites for hydroxylation is 1. The summed E-state index contributed by atoms with van der Waals surface area (Å²) in [4.78, 5) is 19.6. The minimum absolute atomic E-state index is 0. The van der Waals surface area contributed by atoms with Crippen molar-refractivity contribution >= 4 is 34.8 Å². The molecule has 4 nitrogen and oxygen atoms in total. The molecule has 2 rings (SSSR count). The molecule has 0 bridgehead atoms. The molecule has 0 radical (unpaired) electrons. The quantitative estimate of drug-likeness (QED) is 0.897. The summed E-state index contributed by atoms with van der Waals surface area (Å²) < 4.78 is 0. The lowest BCUT2D eigenvalue weighted by molar-refractivity contribution is 0.102. The molecular weight excluding hydrogens is 246 g/mol. The first-order valence-electron chi connectivity index (χ1n) is 4.39. The van der Waals surface area contributed by atoms with Gasteiger partial charge in [-0.05, 0) is 19.1 Å². The standard InChI is InChI=1S/C10H9N3OS.ClH/c1-7-6-15-10(12-7)13-9(14)8-2-4-11-5-3-8;/h2-6H,1H3,(H,12,13,14);1H. The normalized spacial score (nSPS) is 9.31. The first kappa shape index (κ1) is 12.6. The highest BCUT2D eigenvalue weighted by molar-refractivity contribution is 7.13. The zero-order valence-electron chi connectivity index (χ0n) is 8.51. The number of thiazole rings is 1. The van der Waals surface area contributed by atoms with Crippen LogP contribution in [0.5, 0.6) is 0 Å². The van der Waals surface area contributed by atoms with Crippen molar-refractivity contribution in [3.63, 3.8) is 0 Å². The molecule has 84 valence electrons. The van der Waals surface area contributed by atoms with Crippen molar-refractivity contribution < 1.29 is 4.79 Å². The number of carbonyl (C=O) groups is 1. The summed E-state index contributed by atoms with van der Waals surface area (Å²) in [5, 5.41) is 5.23. The van der Waals surface area contributed by atoms with E-state index in [0.29, 0.717) is 10.7 Å². The van der Waals surface area contributed by atoms with Crippen LogP contribution < -0.4 is 5.32 Å². The van der Waals surface area contributed by atoms with Gasteiger partial charge in [-0.1, -0.05) is 0 Å². The largest absolute Gasteiger partial charge is 0.298 e. The van der Waals surface area contributed by atoms with Crippen LogP contribution in [-0.2, 0) is 0 Å². The molecule has 0 atom stereocenters. The van der Waals surface area contributed by atoms with Gasteiger partial charge in [-0.2, -0.15) is 0 Å². The maximum atomic E-state index is 11.7. The van der Waals surface area contributed by atoms with Crippen molar-refractivity contribution in [3.8, 4) is 0 Å². The van der Waals surface area contributed by atoms with Gasteiger partial charge in [-0.15, -0.1) is 23.7 Å². The summed E-state index contributed by atoms with van der Waals surface area (Å²) in [5.74, 6) is -0.160. The average Bonchev–Trinajstić information content (AvgIpc) is 2.65. The van der Waals surface area contributed by atoms with Gasteiger partial charge >= 0.3 is 0 Å². The number of halogens is 1. The molecule has 0 saturated heterocycles. The van der Waals surface area contributed by atoms with Gasteiger partial charge in [0.25, 0.3) is 5.91 Å². The van der Waals surface area contributed by atoms with Crippen LogP contribution >= 0.6 is 23.7 Å². The van der Waals surface area contributed by atoms with Crippen molar-refractivity contribution in [3.05, 3.63) is 41.2 Å². The Morgan fingerprint density at radius 1 is 1.38 bits per heavy atom. The van der Waals surface area contributed by atoms with E-state index in [-0.39, 0.29) is 18.3 Å². The van der Waals surface area contributed by atoms with Crippen LogP contribution in [0.25, 0.3) is 0 Å². The van der Waals surface area contributed by atoms with Crippen LogP contribution in [0.2, 0.25) is 0 Å². The Kier molecular flexibility index (Phi) is 4.39. The lowest BCUT2D eigenvalue weighted by Gasteiger charge is -1.99. The molecule has 0 fully saturated rings. The number of hydrogen-bond acceptors (Lipinski definition) is 4. The molecule has 2 aromatic heterocycles. The predicted octanol–water partition coefficient (Wildman–Crippen LogP) is 2.52. The molecule has 0 aromatic carbocycles. The third-order valence-corrected chi connectivity index (χ3v) is 2.66. The number of nitrogens with one attached hydrogen (secondary N) is 1. The summed E-state index contributed by atoms with van der Waals surface area (Å²) in [5.41, 5.74) is 1.49. The molecule has 0 unspecified atom stereocenters. The second-order valence-corrected chi connectivity index (χ2v) is 3.84. The molecular formula is C10H10ClN3OS. The molecule has 2 aromatic rings. The minimum atomic E-state index is -0.160. The molecule has 16 heavy (non-hydrogen) atoms. The molecule has 2 heterocycles. The van der Waals surface area contributed by atoms with E-state index in [0.717, 1.165) is 5.69 Å². The van der Waals surface area contributed by atoms with Gasteiger partial charge in [0, 0.05) is 23.3 Å². The highest BCUT2D eigenvalue weighted by atomic mass is 35.5. The van der Waals surface area contributed by atoms with Gasteiger partial charge in [-0.25, -0.2) is 4.98 Å². The van der Waals surface area contributed by atoms with Crippen molar-refractivity contribution in [1.82, 2.24) is 9.97 Å². The smallest absolute Gasteiger partial charge is 0.257 e. The lowest BCUT2D eigenvalue weighted by Crippen LogP contribution is -2.11. The van der Waals surface area contributed by atoms with E-state index in [1.807, 2.05) is 12.3 Å². The van der Waals surface area contributed by atoms with E-state index in [2.05, 4.69) is 15.3 Å². The zero-order chi connectivity index (χ0) is 10.7. The highest BCUT2D eigenvalue weighted by Crippen LogP contribution is 2.15. The Labute approximate surface area is 103 Å². The fraction of sp³-hybridized carbons (Fsp3) is 0.100.